The van der Waals surface area contributed by atoms with Crippen LogP contribution in [0.3, 0.4) is 0 Å². The Kier molecular flexibility index (Phi) is 2.89. The third-order valence-corrected chi connectivity index (χ3v) is 2.24. The van der Waals surface area contributed by atoms with Gasteiger partial charge in [0.2, 0.25) is 0 Å². The van der Waals surface area contributed by atoms with Crippen molar-refractivity contribution in [3.63, 3.8) is 0 Å². The highest BCUT2D eigenvalue weighted by molar-refractivity contribution is 9.10. The molecule has 64 valence electrons. The van der Waals surface area contributed by atoms with Gasteiger partial charge in [0.15, 0.2) is 0 Å². The fourth-order valence-corrected chi connectivity index (χ4v) is 1.22. The van der Waals surface area contributed by atoms with E-state index in [9.17, 15) is 5.11 Å². The minimum absolute atomic E-state index is 0.226. The van der Waals surface area contributed by atoms with Crippen LogP contribution >= 0.6 is 15.9 Å². The van der Waals surface area contributed by atoms with Gasteiger partial charge in [-0.3, -0.25) is 0 Å². The molecule has 2 nitrogen and oxygen atoms in total. The molecular weight excluding hydrogens is 218 g/mol. The lowest BCUT2D eigenvalue weighted by Gasteiger charge is -2.03. The first kappa shape index (κ1) is 9.29. The monoisotopic (exact) mass is 227 g/mol. The maximum atomic E-state index is 9.19. The highest BCUT2D eigenvalue weighted by Crippen LogP contribution is 2.26. The molecule has 0 heterocycles. The van der Waals surface area contributed by atoms with Gasteiger partial charge in [-0.05, 0) is 39.2 Å². The van der Waals surface area contributed by atoms with Crippen LogP contribution in [-0.2, 0) is 0 Å². The summed E-state index contributed by atoms with van der Waals surface area (Å²) >= 11 is 3.21. The van der Waals surface area contributed by atoms with Crippen LogP contribution in [0.25, 0.3) is 5.57 Å². The Bertz CT molecular complexity index is 309. The zero-order valence-corrected chi connectivity index (χ0v) is 8.13. The van der Waals surface area contributed by atoms with Crippen LogP contribution in [0.1, 0.15) is 5.56 Å². The Morgan fingerprint density at radius 3 is 2.75 bits per heavy atom. The smallest absolute Gasteiger partial charge is 0.129 e. The summed E-state index contributed by atoms with van der Waals surface area (Å²) in [5, 5.41) is 9.19. The molecule has 1 aromatic rings. The van der Waals surface area contributed by atoms with Crippen LogP contribution in [0.4, 0.5) is 0 Å². The second-order valence-corrected chi connectivity index (χ2v) is 3.33. The van der Waals surface area contributed by atoms with E-state index in [4.69, 9.17) is 5.73 Å². The van der Waals surface area contributed by atoms with Gasteiger partial charge in [0, 0.05) is 6.54 Å². The van der Waals surface area contributed by atoms with Gasteiger partial charge in [-0.2, -0.15) is 0 Å². The summed E-state index contributed by atoms with van der Waals surface area (Å²) in [4.78, 5) is 0. The van der Waals surface area contributed by atoms with Crippen molar-refractivity contribution < 1.29 is 5.11 Å². The first-order chi connectivity index (χ1) is 5.65. The number of halogens is 1. The van der Waals surface area contributed by atoms with Gasteiger partial charge in [0.1, 0.15) is 5.75 Å². The SMILES string of the molecule is C=C(CN)c1ccc(O)c(Br)c1. The number of hydrogen-bond acceptors (Lipinski definition) is 2. The molecule has 0 fully saturated rings. The molecule has 1 aromatic carbocycles. The van der Waals surface area contributed by atoms with Crippen molar-refractivity contribution in [2.75, 3.05) is 6.54 Å². The quantitative estimate of drug-likeness (QED) is 0.814. The molecule has 0 spiro atoms. The number of nitrogens with two attached hydrogens (primary N) is 1. The Morgan fingerprint density at radius 2 is 2.25 bits per heavy atom. The Morgan fingerprint density at radius 1 is 1.58 bits per heavy atom. The molecule has 0 radical (unpaired) electrons. The average molecular weight is 228 g/mol. The first-order valence-electron chi connectivity index (χ1n) is 3.52. The highest BCUT2D eigenvalue weighted by Gasteiger charge is 2.00. The van der Waals surface area contributed by atoms with Crippen LogP contribution < -0.4 is 5.73 Å². The number of hydrogen-bond donors (Lipinski definition) is 2. The number of benzene rings is 1. The van der Waals surface area contributed by atoms with Crippen LogP contribution in [0.5, 0.6) is 5.75 Å². The van der Waals surface area contributed by atoms with E-state index in [1.54, 1.807) is 18.2 Å². The van der Waals surface area contributed by atoms with Gasteiger partial charge in [0.25, 0.3) is 0 Å². The highest BCUT2D eigenvalue weighted by atomic mass is 79.9. The Balaban J connectivity index is 3.05. The third kappa shape index (κ3) is 1.87. The molecule has 0 aliphatic carbocycles. The van der Waals surface area contributed by atoms with E-state index in [0.717, 1.165) is 11.1 Å². The maximum Gasteiger partial charge on any atom is 0.129 e. The second-order valence-electron chi connectivity index (χ2n) is 2.47. The molecule has 3 heteroatoms. The van der Waals surface area contributed by atoms with E-state index in [1.807, 2.05) is 0 Å². The minimum atomic E-state index is 0.226. The second kappa shape index (κ2) is 3.74. The number of aromatic hydroxyl groups is 1. The van der Waals surface area contributed by atoms with Crippen molar-refractivity contribution in [3.05, 3.63) is 34.8 Å². The molecule has 0 amide bonds. The molecule has 0 atom stereocenters. The summed E-state index contributed by atoms with van der Waals surface area (Å²) in [5.41, 5.74) is 7.22. The van der Waals surface area contributed by atoms with E-state index in [0.29, 0.717) is 11.0 Å². The maximum absolute atomic E-state index is 9.19. The Hall–Kier alpha value is -0.800. The molecule has 0 bridgehead atoms. The summed E-state index contributed by atoms with van der Waals surface area (Å²) in [6.45, 7) is 4.21. The van der Waals surface area contributed by atoms with Gasteiger partial charge in [-0.1, -0.05) is 12.6 Å². The van der Waals surface area contributed by atoms with Crippen LogP contribution in [0.15, 0.2) is 29.3 Å². The van der Waals surface area contributed by atoms with Crippen molar-refractivity contribution in [2.45, 2.75) is 0 Å². The summed E-state index contributed by atoms with van der Waals surface area (Å²) in [6.07, 6.45) is 0. The summed E-state index contributed by atoms with van der Waals surface area (Å²) in [7, 11) is 0. The van der Waals surface area contributed by atoms with E-state index in [1.165, 1.54) is 0 Å². The van der Waals surface area contributed by atoms with Crippen LogP contribution in [0, 0.1) is 0 Å². The summed E-state index contributed by atoms with van der Waals surface area (Å²) < 4.78 is 0.662. The lowest BCUT2D eigenvalue weighted by molar-refractivity contribution is 0.472. The first-order valence-corrected chi connectivity index (χ1v) is 4.31. The zero-order chi connectivity index (χ0) is 9.14. The Labute approximate surface area is 79.8 Å². The molecule has 0 aromatic heterocycles. The zero-order valence-electron chi connectivity index (χ0n) is 6.55. The van der Waals surface area contributed by atoms with Crippen LogP contribution in [-0.4, -0.2) is 11.7 Å². The number of phenols is 1. The molecule has 3 N–H and O–H groups in total. The fraction of sp³-hybridized carbons (Fsp3) is 0.111. The summed E-state index contributed by atoms with van der Waals surface area (Å²) in [5.74, 6) is 0.226. The van der Waals surface area contributed by atoms with E-state index >= 15 is 0 Å². The van der Waals surface area contributed by atoms with Crippen molar-refractivity contribution in [3.8, 4) is 5.75 Å². The fourth-order valence-electron chi connectivity index (χ4n) is 0.845. The van der Waals surface area contributed by atoms with Crippen molar-refractivity contribution >= 4 is 21.5 Å². The molecular formula is C9H10BrNO. The minimum Gasteiger partial charge on any atom is -0.507 e. The van der Waals surface area contributed by atoms with Crippen molar-refractivity contribution in [1.82, 2.24) is 0 Å². The lowest BCUT2D eigenvalue weighted by atomic mass is 10.1. The molecule has 12 heavy (non-hydrogen) atoms. The average Bonchev–Trinajstić information content (AvgIpc) is 2.08. The molecule has 1 rings (SSSR count). The normalized spacial score (nSPS) is 9.83. The van der Waals surface area contributed by atoms with Gasteiger partial charge in [-0.15, -0.1) is 0 Å². The predicted molar refractivity (Wildman–Crippen MR) is 53.9 cm³/mol. The van der Waals surface area contributed by atoms with Crippen LogP contribution in [0.2, 0.25) is 0 Å². The number of rotatable bonds is 2. The van der Waals surface area contributed by atoms with E-state index in [2.05, 4.69) is 22.5 Å². The van der Waals surface area contributed by atoms with E-state index < -0.39 is 0 Å². The summed E-state index contributed by atoms with van der Waals surface area (Å²) in [6, 6.07) is 5.19. The van der Waals surface area contributed by atoms with Crippen molar-refractivity contribution in [2.24, 2.45) is 5.73 Å². The molecule has 0 unspecified atom stereocenters. The molecule has 0 saturated heterocycles. The molecule has 0 saturated carbocycles. The predicted octanol–water partition coefficient (Wildman–Crippen LogP) is 2.13. The number of phenolic OH excluding ortho intramolecular Hbond substituents is 1. The molecule has 0 aliphatic rings. The van der Waals surface area contributed by atoms with E-state index in [-0.39, 0.29) is 5.75 Å². The van der Waals surface area contributed by atoms with Gasteiger partial charge in [0.05, 0.1) is 4.47 Å². The molecule has 0 aliphatic heterocycles. The largest absolute Gasteiger partial charge is 0.507 e. The van der Waals surface area contributed by atoms with Gasteiger partial charge >= 0.3 is 0 Å². The van der Waals surface area contributed by atoms with Gasteiger partial charge < -0.3 is 10.8 Å². The van der Waals surface area contributed by atoms with Gasteiger partial charge in [-0.25, -0.2) is 0 Å². The van der Waals surface area contributed by atoms with Crippen molar-refractivity contribution in [1.29, 1.82) is 0 Å². The topological polar surface area (TPSA) is 46.2 Å². The lowest BCUT2D eigenvalue weighted by Crippen LogP contribution is -2.00. The third-order valence-electron chi connectivity index (χ3n) is 1.60. The standard InChI is InChI=1S/C9H10BrNO/c1-6(5-11)7-2-3-9(12)8(10)4-7/h2-4,12H,1,5,11H2.